The van der Waals surface area contributed by atoms with E-state index in [1.807, 2.05) is 6.92 Å². The molecule has 0 aromatic rings. The van der Waals surface area contributed by atoms with Crippen LogP contribution in [0.4, 0.5) is 0 Å². The van der Waals surface area contributed by atoms with E-state index in [0.29, 0.717) is 42.9 Å². The number of hydrogen-bond acceptors (Lipinski definition) is 4. The fraction of sp³-hybridized carbons (Fsp3) is 0.700. The number of esters is 1. The van der Waals surface area contributed by atoms with Crippen LogP contribution in [0.1, 0.15) is 85.0 Å². The third-order valence-electron chi connectivity index (χ3n) is 9.18. The average Bonchev–Trinajstić information content (AvgIpc) is 3.58. The number of aliphatic hydroxyl groups is 2. The molecule has 4 saturated carbocycles. The monoisotopic (exact) mass is 468 g/mol. The largest absolute Gasteiger partial charge is 0.458 e. The molecule has 0 aromatic heterocycles. The number of carbonyl (C=O) groups is 1. The van der Waals surface area contributed by atoms with Crippen molar-refractivity contribution in [1.29, 1.82) is 0 Å². The average molecular weight is 469 g/mol. The van der Waals surface area contributed by atoms with Gasteiger partial charge in [0.1, 0.15) is 6.10 Å². The Morgan fingerprint density at radius 2 is 1.97 bits per heavy atom. The first-order valence-electron chi connectivity index (χ1n) is 13.6. The molecule has 0 aliphatic heterocycles. The van der Waals surface area contributed by atoms with Gasteiger partial charge in [-0.2, -0.15) is 0 Å². The Kier molecular flexibility index (Phi) is 7.89. The van der Waals surface area contributed by atoms with Gasteiger partial charge in [-0.05, 0) is 97.7 Å². The van der Waals surface area contributed by atoms with Crippen LogP contribution in [0.25, 0.3) is 0 Å². The summed E-state index contributed by atoms with van der Waals surface area (Å²) in [5.74, 6) is 2.08. The van der Waals surface area contributed by atoms with Gasteiger partial charge in [-0.1, -0.05) is 51.2 Å². The predicted molar refractivity (Wildman–Crippen MR) is 136 cm³/mol. The highest BCUT2D eigenvalue weighted by molar-refractivity contribution is 5.69. The lowest BCUT2D eigenvalue weighted by Gasteiger charge is -2.44. The molecule has 4 nitrogen and oxygen atoms in total. The van der Waals surface area contributed by atoms with Crippen LogP contribution in [0.5, 0.6) is 0 Å². The zero-order chi connectivity index (χ0) is 24.5. The molecule has 4 fully saturated rings. The summed E-state index contributed by atoms with van der Waals surface area (Å²) in [6.07, 6.45) is 17.5. The Bertz CT molecular complexity index is 863. The number of fused-ring (bicyclic) bond motifs is 1. The highest BCUT2D eigenvalue weighted by atomic mass is 16.5. The van der Waals surface area contributed by atoms with Crippen LogP contribution in [0.15, 0.2) is 47.6 Å². The van der Waals surface area contributed by atoms with Gasteiger partial charge in [-0.15, -0.1) is 0 Å². The number of rotatable bonds is 7. The van der Waals surface area contributed by atoms with E-state index >= 15 is 0 Å². The van der Waals surface area contributed by atoms with E-state index in [1.54, 1.807) is 0 Å². The topological polar surface area (TPSA) is 66.8 Å². The van der Waals surface area contributed by atoms with Gasteiger partial charge in [-0.3, -0.25) is 4.79 Å². The maximum atomic E-state index is 11.9. The zero-order valence-electron chi connectivity index (χ0n) is 21.3. The minimum atomic E-state index is -0.635. The van der Waals surface area contributed by atoms with Crippen LogP contribution in [0.3, 0.4) is 0 Å². The fourth-order valence-electron chi connectivity index (χ4n) is 6.98. The Balaban J connectivity index is 1.46. The van der Waals surface area contributed by atoms with E-state index in [2.05, 4.69) is 44.7 Å². The molecule has 2 N–H and O–H groups in total. The van der Waals surface area contributed by atoms with Crippen molar-refractivity contribution in [2.45, 2.75) is 103 Å². The van der Waals surface area contributed by atoms with Crippen LogP contribution in [0, 0.1) is 29.1 Å². The highest BCUT2D eigenvalue weighted by Crippen LogP contribution is 2.59. The molecule has 188 valence electrons. The summed E-state index contributed by atoms with van der Waals surface area (Å²) in [6, 6.07) is 0. The number of carbonyl (C=O) groups excluding carboxylic acids is 1. The second kappa shape index (κ2) is 10.5. The maximum absolute atomic E-state index is 11.9. The van der Waals surface area contributed by atoms with Gasteiger partial charge in [0.15, 0.2) is 0 Å². The van der Waals surface area contributed by atoms with Crippen molar-refractivity contribution in [3.63, 3.8) is 0 Å². The van der Waals surface area contributed by atoms with Crippen LogP contribution in [-0.4, -0.2) is 34.5 Å². The molecule has 4 aliphatic rings. The second-order valence-corrected chi connectivity index (χ2v) is 11.6. The Hall–Kier alpha value is -1.65. The third-order valence-corrected chi connectivity index (χ3v) is 9.18. The lowest BCUT2D eigenvalue weighted by Crippen LogP contribution is -2.35. The van der Waals surface area contributed by atoms with Crippen LogP contribution >= 0.6 is 0 Å². The first-order valence-corrected chi connectivity index (χ1v) is 13.6. The molecular formula is C30H44O4. The molecule has 0 saturated heterocycles. The quantitative estimate of drug-likeness (QED) is 0.352. The number of allylic oxidation sites excluding steroid dienone is 4. The summed E-state index contributed by atoms with van der Waals surface area (Å²) >= 11 is 0. The fourth-order valence-corrected chi connectivity index (χ4v) is 6.98. The van der Waals surface area contributed by atoms with Crippen LogP contribution < -0.4 is 0 Å². The summed E-state index contributed by atoms with van der Waals surface area (Å²) in [4.78, 5) is 11.9. The molecule has 0 heterocycles. The molecule has 0 aromatic carbocycles. The molecular weight excluding hydrogens is 424 g/mol. The van der Waals surface area contributed by atoms with E-state index in [9.17, 15) is 15.0 Å². The van der Waals surface area contributed by atoms with E-state index in [1.165, 1.54) is 31.3 Å². The van der Waals surface area contributed by atoms with Crippen molar-refractivity contribution >= 4 is 5.97 Å². The van der Waals surface area contributed by atoms with Gasteiger partial charge in [0.2, 0.25) is 0 Å². The minimum Gasteiger partial charge on any atom is -0.458 e. The van der Waals surface area contributed by atoms with E-state index in [0.717, 1.165) is 30.4 Å². The van der Waals surface area contributed by atoms with E-state index in [4.69, 9.17) is 4.74 Å². The second-order valence-electron chi connectivity index (χ2n) is 11.6. The normalized spacial score (nSPS) is 38.3. The van der Waals surface area contributed by atoms with Crippen molar-refractivity contribution in [2.24, 2.45) is 29.1 Å². The van der Waals surface area contributed by atoms with Gasteiger partial charge in [-0.25, -0.2) is 0 Å². The molecule has 0 unspecified atom stereocenters. The van der Waals surface area contributed by atoms with Gasteiger partial charge < -0.3 is 14.9 Å². The Morgan fingerprint density at radius 1 is 1.21 bits per heavy atom. The van der Waals surface area contributed by atoms with Crippen molar-refractivity contribution in [3.05, 3.63) is 47.6 Å². The van der Waals surface area contributed by atoms with Gasteiger partial charge in [0.05, 0.1) is 12.2 Å². The molecule has 4 rings (SSSR count). The minimum absolute atomic E-state index is 0.0531. The number of hydrogen-bond donors (Lipinski definition) is 2. The van der Waals surface area contributed by atoms with Gasteiger partial charge >= 0.3 is 5.97 Å². The summed E-state index contributed by atoms with van der Waals surface area (Å²) < 4.78 is 5.71. The molecule has 4 aliphatic carbocycles. The summed E-state index contributed by atoms with van der Waals surface area (Å²) in [7, 11) is 0. The number of aliphatic hydroxyl groups excluding tert-OH is 2. The number of ether oxygens (including phenoxy) is 1. The standard InChI is InChI=1S/C30H44O4/c1-5-29(33)34-28(22-10-11-22)15-8-19(2)25-13-14-26-21(7-6-16-30(25,26)4)9-12-23-17-24(31)18-27(32)20(23)3/h8-9,12,15,19,22,24-28,31-32H,3,5-7,10-11,13-14,16-18H2,1-2,4H3/t19-,24-,25-,26+,27+,28-,30-/m1/s1. The Morgan fingerprint density at radius 3 is 2.68 bits per heavy atom. The summed E-state index contributed by atoms with van der Waals surface area (Å²) in [6.45, 7) is 10.8. The first kappa shape index (κ1) is 25.4. The first-order chi connectivity index (χ1) is 16.2. The molecule has 7 atom stereocenters. The van der Waals surface area contributed by atoms with Crippen LogP contribution in [-0.2, 0) is 9.53 Å². The predicted octanol–water partition coefficient (Wildman–Crippen LogP) is 6.05. The van der Waals surface area contributed by atoms with Crippen LogP contribution in [0.2, 0.25) is 0 Å². The van der Waals surface area contributed by atoms with Crippen molar-refractivity contribution in [1.82, 2.24) is 0 Å². The molecule has 0 amide bonds. The van der Waals surface area contributed by atoms with Gasteiger partial charge in [0.25, 0.3) is 0 Å². The van der Waals surface area contributed by atoms with E-state index < -0.39 is 12.2 Å². The highest BCUT2D eigenvalue weighted by Gasteiger charge is 2.50. The lowest BCUT2D eigenvalue weighted by atomic mass is 9.61. The molecule has 34 heavy (non-hydrogen) atoms. The van der Waals surface area contributed by atoms with Crippen molar-refractivity contribution < 1.29 is 19.7 Å². The summed E-state index contributed by atoms with van der Waals surface area (Å²) in [5.41, 5.74) is 3.56. The molecule has 0 radical (unpaired) electrons. The smallest absolute Gasteiger partial charge is 0.306 e. The molecule has 4 heteroatoms. The zero-order valence-corrected chi connectivity index (χ0v) is 21.3. The summed E-state index contributed by atoms with van der Waals surface area (Å²) in [5, 5.41) is 20.3. The Labute approximate surface area is 205 Å². The van der Waals surface area contributed by atoms with Gasteiger partial charge in [0, 0.05) is 12.8 Å². The molecule has 0 bridgehead atoms. The van der Waals surface area contributed by atoms with E-state index in [-0.39, 0.29) is 17.5 Å². The third kappa shape index (κ3) is 5.44. The van der Waals surface area contributed by atoms with Crippen molar-refractivity contribution in [3.8, 4) is 0 Å². The lowest BCUT2D eigenvalue weighted by molar-refractivity contribution is -0.147. The SMILES string of the molecule is C=C1C(=CC=C2CCC[C@]3(C)[C@@H]([C@H](C)C=C[C@@H](OC(=O)CC)C4CC4)CC[C@@H]23)C[C@@H](O)C[C@@H]1O. The molecule has 0 spiro atoms. The maximum Gasteiger partial charge on any atom is 0.306 e. The van der Waals surface area contributed by atoms with Crippen molar-refractivity contribution in [2.75, 3.05) is 0 Å².